The van der Waals surface area contributed by atoms with E-state index in [1.807, 2.05) is 12.1 Å². The topological polar surface area (TPSA) is 41.0 Å². The molecule has 2 aromatic rings. The van der Waals surface area contributed by atoms with Gasteiger partial charge in [0, 0.05) is 29.0 Å². The maximum absolute atomic E-state index is 5.79. The summed E-state index contributed by atoms with van der Waals surface area (Å²) < 4.78 is 0. The molecule has 2 heterocycles. The van der Waals surface area contributed by atoms with Crippen LogP contribution in [0.4, 0.5) is 5.69 Å². The van der Waals surface area contributed by atoms with E-state index in [4.69, 9.17) is 12.2 Å². The van der Waals surface area contributed by atoms with Gasteiger partial charge < -0.3 is 10.2 Å². The Morgan fingerprint density at radius 2 is 2.00 bits per heavy atom. The van der Waals surface area contributed by atoms with Crippen molar-refractivity contribution >= 4 is 33.8 Å². The predicted molar refractivity (Wildman–Crippen MR) is 102 cm³/mol. The lowest BCUT2D eigenvalue weighted by molar-refractivity contribution is 0.132. The molecule has 2 fully saturated rings. The molecule has 4 nitrogen and oxygen atoms in total. The lowest BCUT2D eigenvalue weighted by Gasteiger charge is -2.39. The second-order valence-corrected chi connectivity index (χ2v) is 8.96. The fourth-order valence-corrected chi connectivity index (χ4v) is 5.34. The highest BCUT2D eigenvalue weighted by atomic mass is 32.1. The van der Waals surface area contributed by atoms with Gasteiger partial charge in [0.15, 0.2) is 5.11 Å². The molecule has 0 radical (unpaired) electrons. The van der Waals surface area contributed by atoms with Gasteiger partial charge in [0.05, 0.1) is 12.4 Å². The van der Waals surface area contributed by atoms with Crippen LogP contribution in [0.2, 0.25) is 0 Å². The monoisotopic (exact) mass is 340 g/mol. The number of rotatable bonds is 1. The van der Waals surface area contributed by atoms with Crippen LogP contribution in [0.15, 0.2) is 30.6 Å². The molecule has 1 aliphatic heterocycles. The summed E-state index contributed by atoms with van der Waals surface area (Å²) in [6.07, 6.45) is 7.33. The van der Waals surface area contributed by atoms with E-state index >= 15 is 0 Å². The number of likely N-dealkylation sites (tertiary alicyclic amines) is 1. The number of aromatic nitrogens is 2. The van der Waals surface area contributed by atoms with Crippen molar-refractivity contribution in [3.8, 4) is 0 Å². The van der Waals surface area contributed by atoms with Crippen molar-refractivity contribution in [2.75, 3.05) is 11.9 Å². The van der Waals surface area contributed by atoms with Crippen molar-refractivity contribution in [1.82, 2.24) is 15.1 Å². The second kappa shape index (κ2) is 5.38. The van der Waals surface area contributed by atoms with Crippen molar-refractivity contribution in [1.29, 1.82) is 0 Å². The summed E-state index contributed by atoms with van der Waals surface area (Å²) in [7, 11) is 0. The molecule has 1 aliphatic carbocycles. The summed E-state index contributed by atoms with van der Waals surface area (Å²) in [6.45, 7) is 8.25. The first-order valence-corrected chi connectivity index (χ1v) is 9.03. The van der Waals surface area contributed by atoms with Gasteiger partial charge in [-0.2, -0.15) is 10.2 Å². The molecule has 0 spiro atoms. The average Bonchev–Trinajstić information content (AvgIpc) is 2.77. The number of benzene rings is 1. The first-order valence-electron chi connectivity index (χ1n) is 8.62. The van der Waals surface area contributed by atoms with Crippen molar-refractivity contribution in [2.45, 2.75) is 46.1 Å². The molecule has 1 aromatic carbocycles. The van der Waals surface area contributed by atoms with E-state index < -0.39 is 0 Å². The lowest BCUT2D eigenvalue weighted by atomic mass is 9.65. The molecular weight excluding hydrogens is 316 g/mol. The minimum atomic E-state index is 0.377. The summed E-state index contributed by atoms with van der Waals surface area (Å²) in [6, 6.07) is 6.69. The largest absolute Gasteiger partial charge is 0.345 e. The van der Waals surface area contributed by atoms with Crippen LogP contribution in [-0.4, -0.2) is 32.8 Å². The Labute approximate surface area is 148 Å². The van der Waals surface area contributed by atoms with E-state index in [0.29, 0.717) is 16.9 Å². The number of thiocarbonyl (C=S) groups is 1. The summed E-state index contributed by atoms with van der Waals surface area (Å²) in [5.41, 5.74) is 1.79. The number of hydrogen-bond acceptors (Lipinski definition) is 3. The Kier molecular flexibility index (Phi) is 3.53. The first-order chi connectivity index (χ1) is 11.4. The standard InChI is InChI=1S/C19H24N4S/c1-18(2)7-14-8-19(3,11-18)12-23(14)17(24)22-16-6-4-5-13-9-20-21-10-15(13)16/h4-6,9-10,14H,7-8,11-12H2,1-3H3,(H,22,24)/t14-,19+/m0/s1. The van der Waals surface area contributed by atoms with Gasteiger partial charge in [-0.05, 0) is 48.4 Å². The van der Waals surface area contributed by atoms with E-state index in [1.54, 1.807) is 12.4 Å². The van der Waals surface area contributed by atoms with Crippen molar-refractivity contribution in [3.63, 3.8) is 0 Å². The number of nitrogens with zero attached hydrogens (tertiary/aromatic N) is 3. The fraction of sp³-hybridized carbons (Fsp3) is 0.526. The molecule has 0 unspecified atom stereocenters. The predicted octanol–water partition coefficient (Wildman–Crippen LogP) is 4.23. The van der Waals surface area contributed by atoms with Gasteiger partial charge in [-0.1, -0.05) is 32.9 Å². The number of nitrogens with one attached hydrogen (secondary N) is 1. The van der Waals surface area contributed by atoms with Crippen LogP contribution in [0, 0.1) is 10.8 Å². The maximum Gasteiger partial charge on any atom is 0.173 e. The molecule has 2 atom stereocenters. The zero-order chi connectivity index (χ0) is 16.9. The first kappa shape index (κ1) is 15.8. The zero-order valence-electron chi connectivity index (χ0n) is 14.5. The van der Waals surface area contributed by atoms with E-state index in [0.717, 1.165) is 28.1 Å². The van der Waals surface area contributed by atoms with Gasteiger partial charge in [0.2, 0.25) is 0 Å². The molecule has 1 aromatic heterocycles. The summed E-state index contributed by atoms with van der Waals surface area (Å²) in [5, 5.41) is 14.4. The summed E-state index contributed by atoms with van der Waals surface area (Å²) in [4.78, 5) is 2.41. The molecular formula is C19H24N4S. The third-order valence-corrected chi connectivity index (χ3v) is 5.84. The molecule has 2 bridgehead atoms. The zero-order valence-corrected chi connectivity index (χ0v) is 15.4. The van der Waals surface area contributed by atoms with Crippen LogP contribution in [0.25, 0.3) is 10.8 Å². The Morgan fingerprint density at radius 1 is 1.21 bits per heavy atom. The number of hydrogen-bond donors (Lipinski definition) is 1. The Bertz CT molecular complexity index is 798. The third kappa shape index (κ3) is 2.75. The van der Waals surface area contributed by atoms with Gasteiger partial charge in [0.1, 0.15) is 0 Å². The normalized spacial score (nSPS) is 28.1. The summed E-state index contributed by atoms with van der Waals surface area (Å²) >= 11 is 5.79. The molecule has 1 N–H and O–H groups in total. The van der Waals surface area contributed by atoms with Crippen LogP contribution < -0.4 is 5.32 Å². The minimum Gasteiger partial charge on any atom is -0.345 e. The molecule has 126 valence electrons. The van der Waals surface area contributed by atoms with Crippen molar-refractivity contribution < 1.29 is 0 Å². The summed E-state index contributed by atoms with van der Waals surface area (Å²) in [5.74, 6) is 0. The fourth-order valence-electron chi connectivity index (χ4n) is 5.02. The van der Waals surface area contributed by atoms with Crippen LogP contribution in [0.5, 0.6) is 0 Å². The Balaban J connectivity index is 1.59. The van der Waals surface area contributed by atoms with Crippen LogP contribution in [-0.2, 0) is 0 Å². The van der Waals surface area contributed by atoms with Gasteiger partial charge in [-0.15, -0.1) is 0 Å². The van der Waals surface area contributed by atoms with E-state index in [-0.39, 0.29) is 0 Å². The third-order valence-electron chi connectivity index (χ3n) is 5.51. The molecule has 5 heteroatoms. The van der Waals surface area contributed by atoms with Crippen LogP contribution in [0.1, 0.15) is 40.0 Å². The van der Waals surface area contributed by atoms with Crippen molar-refractivity contribution in [2.24, 2.45) is 10.8 Å². The molecule has 0 amide bonds. The molecule has 24 heavy (non-hydrogen) atoms. The molecule has 2 aliphatic rings. The van der Waals surface area contributed by atoms with Gasteiger partial charge >= 0.3 is 0 Å². The van der Waals surface area contributed by atoms with Crippen LogP contribution in [0.3, 0.4) is 0 Å². The smallest absolute Gasteiger partial charge is 0.173 e. The van der Waals surface area contributed by atoms with E-state index in [9.17, 15) is 0 Å². The Hall–Kier alpha value is -1.75. The van der Waals surface area contributed by atoms with Gasteiger partial charge in [0.25, 0.3) is 0 Å². The molecule has 1 saturated heterocycles. The number of fused-ring (bicyclic) bond motifs is 3. The number of anilines is 1. The Morgan fingerprint density at radius 3 is 2.83 bits per heavy atom. The quantitative estimate of drug-likeness (QED) is 0.787. The average molecular weight is 340 g/mol. The SMILES string of the molecule is CC1(C)C[C@H]2C[C@@](C)(CN2C(=S)Nc2cccc3cnncc23)C1. The van der Waals surface area contributed by atoms with Gasteiger partial charge in [-0.25, -0.2) is 0 Å². The lowest BCUT2D eigenvalue weighted by Crippen LogP contribution is -2.40. The van der Waals surface area contributed by atoms with E-state index in [2.05, 4.69) is 47.3 Å². The molecule has 1 saturated carbocycles. The highest BCUT2D eigenvalue weighted by Crippen LogP contribution is 2.52. The van der Waals surface area contributed by atoms with Crippen LogP contribution >= 0.6 is 12.2 Å². The van der Waals surface area contributed by atoms with Crippen molar-refractivity contribution in [3.05, 3.63) is 30.6 Å². The maximum atomic E-state index is 5.79. The highest BCUT2D eigenvalue weighted by Gasteiger charge is 2.50. The van der Waals surface area contributed by atoms with Gasteiger partial charge in [-0.3, -0.25) is 0 Å². The molecule has 4 rings (SSSR count). The highest BCUT2D eigenvalue weighted by molar-refractivity contribution is 7.80. The minimum absolute atomic E-state index is 0.377. The second-order valence-electron chi connectivity index (χ2n) is 8.57. The van der Waals surface area contributed by atoms with E-state index in [1.165, 1.54) is 19.3 Å².